The minimum atomic E-state index is -0.485. The van der Waals surface area contributed by atoms with Gasteiger partial charge in [-0.15, -0.1) is 0 Å². The second-order valence-corrected chi connectivity index (χ2v) is 15.0. The van der Waals surface area contributed by atoms with Gasteiger partial charge in [0.05, 0.1) is 31.3 Å². The van der Waals surface area contributed by atoms with Crippen LogP contribution >= 0.6 is 46.4 Å². The number of nitro groups is 2. The van der Waals surface area contributed by atoms with Gasteiger partial charge in [-0.1, -0.05) is 46.4 Å². The van der Waals surface area contributed by atoms with Gasteiger partial charge in [0.15, 0.2) is 0 Å². The third-order valence-corrected chi connectivity index (χ3v) is 10.2. The lowest BCUT2D eigenvalue weighted by Gasteiger charge is -2.13. The van der Waals surface area contributed by atoms with Crippen LogP contribution < -0.4 is 21.3 Å². The van der Waals surface area contributed by atoms with E-state index in [0.717, 1.165) is 22.3 Å². The van der Waals surface area contributed by atoms with Crippen LogP contribution in [0.5, 0.6) is 0 Å². The second-order valence-electron chi connectivity index (χ2n) is 13.3. The summed E-state index contributed by atoms with van der Waals surface area (Å²) in [6.07, 6.45) is 9.26. The molecule has 0 aliphatic carbocycles. The van der Waals surface area contributed by atoms with Gasteiger partial charge in [-0.25, -0.2) is 29.9 Å². The van der Waals surface area contributed by atoms with Crippen LogP contribution in [-0.4, -0.2) is 75.9 Å². The lowest BCUT2D eigenvalue weighted by Crippen LogP contribution is -2.15. The number of hydrogen-bond acceptors (Lipinski definition) is 14. The molecule has 0 radical (unpaired) electrons. The Kier molecular flexibility index (Phi) is 14.7. The number of imidazole rings is 2. The lowest BCUT2D eigenvalue weighted by atomic mass is 10.0. The molecule has 0 saturated carbocycles. The number of H-pyrrole nitrogens is 2. The summed E-state index contributed by atoms with van der Waals surface area (Å²) >= 11 is 25.0. The van der Waals surface area contributed by atoms with Crippen LogP contribution in [-0.2, 0) is 0 Å². The third kappa shape index (κ3) is 11.5. The van der Waals surface area contributed by atoms with Crippen molar-refractivity contribution in [2.24, 2.45) is 0 Å². The molecule has 8 rings (SSSR count). The second kappa shape index (κ2) is 21.1. The van der Waals surface area contributed by atoms with E-state index in [1.54, 1.807) is 61.2 Å². The molecule has 0 spiro atoms. The van der Waals surface area contributed by atoms with Crippen molar-refractivity contribution in [3.8, 4) is 45.3 Å². The normalized spacial score (nSPS) is 10.7. The van der Waals surface area contributed by atoms with Crippen molar-refractivity contribution in [2.45, 2.75) is 0 Å². The molecule has 0 amide bonds. The first-order chi connectivity index (χ1) is 31.0. The first-order valence-electron chi connectivity index (χ1n) is 19.1. The van der Waals surface area contributed by atoms with Crippen LogP contribution in [0.4, 0.5) is 34.6 Å². The molecule has 6 aromatic heterocycles. The van der Waals surface area contributed by atoms with Crippen molar-refractivity contribution in [1.82, 2.24) is 39.9 Å². The van der Waals surface area contributed by atoms with E-state index in [9.17, 15) is 20.2 Å². The number of rotatable bonds is 16. The zero-order valence-corrected chi connectivity index (χ0v) is 36.1. The number of benzene rings is 2. The van der Waals surface area contributed by atoms with E-state index in [2.05, 4.69) is 51.2 Å². The molecule has 0 aliphatic heterocycles. The van der Waals surface area contributed by atoms with Gasteiger partial charge >= 0.3 is 0 Å². The highest BCUT2D eigenvalue weighted by Crippen LogP contribution is 2.37. The van der Waals surface area contributed by atoms with Crippen LogP contribution in [0.15, 0.2) is 122 Å². The molecule has 0 saturated heterocycles. The minimum Gasteiger partial charge on any atom is -0.368 e. The van der Waals surface area contributed by atoms with Gasteiger partial charge in [-0.05, 0) is 72.8 Å². The van der Waals surface area contributed by atoms with Crippen LogP contribution in [0.3, 0.4) is 0 Å². The van der Waals surface area contributed by atoms with E-state index in [0.29, 0.717) is 92.6 Å². The predicted octanol–water partition coefficient (Wildman–Crippen LogP) is 10.5. The number of aromatic nitrogens is 8. The first-order valence-corrected chi connectivity index (χ1v) is 20.6. The van der Waals surface area contributed by atoms with E-state index < -0.39 is 9.85 Å². The zero-order chi connectivity index (χ0) is 45.0. The van der Waals surface area contributed by atoms with Crippen LogP contribution in [0.2, 0.25) is 20.1 Å². The molecule has 0 bridgehead atoms. The molecule has 0 aliphatic rings. The van der Waals surface area contributed by atoms with E-state index in [4.69, 9.17) is 56.4 Å². The summed E-state index contributed by atoms with van der Waals surface area (Å²) in [5.74, 6) is 3.76. The molecule has 6 N–H and O–H groups in total. The predicted molar refractivity (Wildman–Crippen MR) is 250 cm³/mol. The summed E-state index contributed by atoms with van der Waals surface area (Å²) in [5, 5.41) is 36.2. The monoisotopic (exact) mass is 938 g/mol. The fourth-order valence-corrected chi connectivity index (χ4v) is 7.05. The lowest BCUT2D eigenvalue weighted by molar-refractivity contribution is -0.385. The molecule has 2 aromatic carbocycles. The van der Waals surface area contributed by atoms with E-state index in [1.165, 1.54) is 24.5 Å². The molecule has 0 unspecified atom stereocenters. The molecule has 8 aromatic rings. The van der Waals surface area contributed by atoms with Crippen molar-refractivity contribution in [2.75, 3.05) is 47.4 Å². The highest BCUT2D eigenvalue weighted by molar-refractivity contribution is 6.37. The zero-order valence-electron chi connectivity index (χ0n) is 33.1. The number of pyridine rings is 4. The maximum Gasteiger partial charge on any atom is 0.287 e. The number of anilines is 4. The minimum absolute atomic E-state index is 0.0529. The standard InChI is InChI=1S/2C21H17Cl2N7O2/c2*22-13-1-3-15(17(23)11-13)20-16(21-26-9-10-27-21)4-6-19(29-20)25-8-7-24-18-5-2-14(12-28-18)30(31)32/h2*1-6,9-12H,7-8H2,(H,24,28)(H,25,29)(H,26,27). The number of nitrogens with one attached hydrogen (secondary N) is 6. The van der Waals surface area contributed by atoms with E-state index in [-0.39, 0.29) is 11.4 Å². The van der Waals surface area contributed by atoms with Crippen molar-refractivity contribution < 1.29 is 9.85 Å². The Bertz CT molecular complexity index is 2660. The molecular weight excluding hydrogens is 906 g/mol. The Morgan fingerprint density at radius 2 is 0.859 bits per heavy atom. The molecule has 22 heteroatoms. The number of halogens is 4. The Hall–Kier alpha value is -7.38. The molecular formula is C42H34Cl4N14O4. The summed E-state index contributed by atoms with van der Waals surface area (Å²) in [7, 11) is 0. The number of hydrogen-bond donors (Lipinski definition) is 6. The van der Waals surface area contributed by atoms with Crippen molar-refractivity contribution >= 4 is 81.0 Å². The van der Waals surface area contributed by atoms with Gasteiger partial charge in [0.1, 0.15) is 47.3 Å². The Morgan fingerprint density at radius 1 is 0.484 bits per heavy atom. The Morgan fingerprint density at radius 3 is 1.19 bits per heavy atom. The Labute approximate surface area is 384 Å². The SMILES string of the molecule is O=[N+]([O-])c1ccc(NCCNc2ccc(-c3ncc[nH]3)c(-c3ccc(Cl)cc3Cl)n2)nc1.O=[N+]([O-])c1ccc(NCCNc2ccc(-c3ncc[nH]3)c(-c3ccc(Cl)cc3Cl)n2)nc1. The highest BCUT2D eigenvalue weighted by Gasteiger charge is 2.17. The maximum absolute atomic E-state index is 10.7. The summed E-state index contributed by atoms with van der Waals surface area (Å²) in [4.78, 5) is 52.8. The average molecular weight is 941 g/mol. The third-order valence-electron chi connectivity index (χ3n) is 9.06. The molecule has 0 fully saturated rings. The van der Waals surface area contributed by atoms with Gasteiger partial charge in [0.2, 0.25) is 0 Å². The van der Waals surface area contributed by atoms with Crippen LogP contribution in [0, 0.1) is 20.2 Å². The fourth-order valence-electron chi connectivity index (χ4n) is 6.06. The quantitative estimate of drug-likeness (QED) is 0.0300. The number of nitrogens with zero attached hydrogens (tertiary/aromatic N) is 8. The molecule has 0 atom stereocenters. The van der Waals surface area contributed by atoms with Crippen molar-refractivity contribution in [1.29, 1.82) is 0 Å². The topological polar surface area (TPSA) is 243 Å². The molecule has 6 heterocycles. The average Bonchev–Trinajstić information content (AvgIpc) is 4.04. The Balaban J connectivity index is 0.000000191. The molecule has 324 valence electrons. The van der Waals surface area contributed by atoms with E-state index >= 15 is 0 Å². The van der Waals surface area contributed by atoms with Gasteiger partial charge in [0.25, 0.3) is 11.4 Å². The van der Waals surface area contributed by atoms with Crippen molar-refractivity contribution in [3.63, 3.8) is 0 Å². The first kappa shape index (κ1) is 44.7. The largest absolute Gasteiger partial charge is 0.368 e. The van der Waals surface area contributed by atoms with Gasteiger partial charge < -0.3 is 31.2 Å². The highest BCUT2D eigenvalue weighted by atomic mass is 35.5. The summed E-state index contributed by atoms with van der Waals surface area (Å²) in [6, 6.07) is 24.0. The van der Waals surface area contributed by atoms with Crippen molar-refractivity contribution in [3.05, 3.63) is 162 Å². The summed E-state index contributed by atoms with van der Waals surface area (Å²) in [5.41, 5.74) is 4.30. The summed E-state index contributed by atoms with van der Waals surface area (Å²) < 4.78 is 0. The smallest absolute Gasteiger partial charge is 0.287 e. The molecule has 64 heavy (non-hydrogen) atoms. The van der Waals surface area contributed by atoms with Gasteiger partial charge in [-0.2, -0.15) is 0 Å². The number of aromatic amines is 2. The van der Waals surface area contributed by atoms with E-state index in [1.807, 2.05) is 36.4 Å². The van der Waals surface area contributed by atoms with Gasteiger partial charge in [-0.3, -0.25) is 20.2 Å². The maximum atomic E-state index is 10.7. The van der Waals surface area contributed by atoms with Crippen LogP contribution in [0.1, 0.15) is 0 Å². The van der Waals surface area contributed by atoms with Gasteiger partial charge in [0, 0.05) is 95.4 Å². The fraction of sp³-hybridized carbons (Fsp3) is 0.0952. The summed E-state index contributed by atoms with van der Waals surface area (Å²) in [6.45, 7) is 2.14. The molecule has 18 nitrogen and oxygen atoms in total. The van der Waals surface area contributed by atoms with Crippen LogP contribution in [0.25, 0.3) is 45.3 Å².